The molecule has 0 atom stereocenters. The van der Waals surface area contributed by atoms with Gasteiger partial charge in [-0.2, -0.15) is 0 Å². The maximum Gasteiger partial charge on any atom is 0.332 e. The van der Waals surface area contributed by atoms with Gasteiger partial charge >= 0.3 is 5.97 Å². The van der Waals surface area contributed by atoms with E-state index in [9.17, 15) is 4.79 Å². The molecule has 0 saturated carbocycles. The van der Waals surface area contributed by atoms with Crippen molar-refractivity contribution in [3.05, 3.63) is 12.7 Å². The van der Waals surface area contributed by atoms with Crippen molar-refractivity contribution in [1.82, 2.24) is 0 Å². The maximum absolute atomic E-state index is 10.8. The van der Waals surface area contributed by atoms with E-state index in [1.165, 1.54) is 0 Å². The monoisotopic (exact) mass is 172 g/mol. The van der Waals surface area contributed by atoms with Gasteiger partial charge in [-0.15, -0.1) is 6.58 Å². The standard InChI is InChI=1S/C9H16O3/c1-4-5-11-7-9(10)12-6-8(2)3/h4,8H,1,5-7H2,2-3H3. The normalized spacial score (nSPS) is 9.92. The summed E-state index contributed by atoms with van der Waals surface area (Å²) < 4.78 is 9.74. The van der Waals surface area contributed by atoms with Gasteiger partial charge in [0.2, 0.25) is 0 Å². The van der Waals surface area contributed by atoms with Crippen LogP contribution in [0.4, 0.5) is 0 Å². The number of hydrogen-bond donors (Lipinski definition) is 0. The fraction of sp³-hybridized carbons (Fsp3) is 0.667. The van der Waals surface area contributed by atoms with Crippen LogP contribution < -0.4 is 0 Å². The first kappa shape index (κ1) is 11.2. The van der Waals surface area contributed by atoms with Gasteiger partial charge in [0.05, 0.1) is 13.2 Å². The Hall–Kier alpha value is -0.830. The maximum atomic E-state index is 10.8. The smallest absolute Gasteiger partial charge is 0.332 e. The third kappa shape index (κ3) is 7.28. The van der Waals surface area contributed by atoms with Gasteiger partial charge < -0.3 is 9.47 Å². The number of carbonyl (C=O) groups is 1. The van der Waals surface area contributed by atoms with Crippen LogP contribution in [0, 0.1) is 5.92 Å². The van der Waals surface area contributed by atoms with E-state index in [1.54, 1.807) is 6.08 Å². The first-order chi connectivity index (χ1) is 5.66. The summed E-state index contributed by atoms with van der Waals surface area (Å²) in [5.41, 5.74) is 0. The minimum atomic E-state index is -0.314. The Morgan fingerprint density at radius 1 is 1.58 bits per heavy atom. The lowest BCUT2D eigenvalue weighted by Gasteiger charge is -2.06. The zero-order chi connectivity index (χ0) is 9.40. The number of ether oxygens (including phenoxy) is 2. The molecular weight excluding hydrogens is 156 g/mol. The van der Waals surface area contributed by atoms with Crippen LogP contribution in [0.3, 0.4) is 0 Å². The van der Waals surface area contributed by atoms with Gasteiger partial charge in [0, 0.05) is 0 Å². The number of carbonyl (C=O) groups excluding carboxylic acids is 1. The number of rotatable bonds is 6. The fourth-order valence-corrected chi connectivity index (χ4v) is 0.527. The molecule has 3 heteroatoms. The Morgan fingerprint density at radius 2 is 2.25 bits per heavy atom. The van der Waals surface area contributed by atoms with Crippen molar-refractivity contribution in [2.24, 2.45) is 5.92 Å². The van der Waals surface area contributed by atoms with Crippen molar-refractivity contribution >= 4 is 5.97 Å². The predicted octanol–water partition coefficient (Wildman–Crippen LogP) is 1.39. The van der Waals surface area contributed by atoms with Crippen LogP contribution in [0.25, 0.3) is 0 Å². The van der Waals surface area contributed by atoms with Gasteiger partial charge in [-0.25, -0.2) is 4.79 Å². The van der Waals surface area contributed by atoms with E-state index in [1.807, 2.05) is 13.8 Å². The van der Waals surface area contributed by atoms with E-state index >= 15 is 0 Å². The van der Waals surface area contributed by atoms with E-state index < -0.39 is 0 Å². The van der Waals surface area contributed by atoms with Crippen molar-refractivity contribution in [2.45, 2.75) is 13.8 Å². The molecule has 0 saturated heterocycles. The molecule has 0 amide bonds. The molecular formula is C9H16O3. The molecule has 0 unspecified atom stereocenters. The van der Waals surface area contributed by atoms with Gasteiger partial charge in [-0.05, 0) is 5.92 Å². The highest BCUT2D eigenvalue weighted by molar-refractivity contribution is 5.70. The summed E-state index contributed by atoms with van der Waals surface area (Å²) in [6, 6.07) is 0. The minimum Gasteiger partial charge on any atom is -0.464 e. The lowest BCUT2D eigenvalue weighted by Crippen LogP contribution is -2.15. The molecule has 0 heterocycles. The molecule has 0 aromatic rings. The third-order valence-corrected chi connectivity index (χ3v) is 1.03. The van der Waals surface area contributed by atoms with Crippen LogP contribution in [0.5, 0.6) is 0 Å². The highest BCUT2D eigenvalue weighted by Crippen LogP contribution is 1.92. The highest BCUT2D eigenvalue weighted by atomic mass is 16.6. The minimum absolute atomic E-state index is 0.0126. The Morgan fingerprint density at radius 3 is 2.75 bits per heavy atom. The topological polar surface area (TPSA) is 35.5 Å². The summed E-state index contributed by atoms with van der Waals surface area (Å²) in [7, 11) is 0. The molecule has 0 N–H and O–H groups in total. The Kier molecular flexibility index (Phi) is 6.38. The molecule has 0 fully saturated rings. The van der Waals surface area contributed by atoms with Crippen molar-refractivity contribution < 1.29 is 14.3 Å². The van der Waals surface area contributed by atoms with Gasteiger partial charge in [-0.1, -0.05) is 19.9 Å². The SMILES string of the molecule is C=CCOCC(=O)OCC(C)C. The predicted molar refractivity (Wildman–Crippen MR) is 46.8 cm³/mol. The van der Waals surface area contributed by atoms with Crippen LogP contribution in [-0.4, -0.2) is 25.8 Å². The van der Waals surface area contributed by atoms with Crippen molar-refractivity contribution in [3.8, 4) is 0 Å². The van der Waals surface area contributed by atoms with Crippen LogP contribution in [0.1, 0.15) is 13.8 Å². The van der Waals surface area contributed by atoms with Gasteiger partial charge in [0.15, 0.2) is 0 Å². The van der Waals surface area contributed by atoms with Gasteiger partial charge in [-0.3, -0.25) is 0 Å². The zero-order valence-electron chi connectivity index (χ0n) is 7.71. The molecule has 0 bridgehead atoms. The van der Waals surface area contributed by atoms with Crippen molar-refractivity contribution in [3.63, 3.8) is 0 Å². The summed E-state index contributed by atoms with van der Waals surface area (Å²) in [6.45, 7) is 8.28. The summed E-state index contributed by atoms with van der Waals surface area (Å²) in [6.07, 6.45) is 1.59. The molecule has 0 rings (SSSR count). The molecule has 0 aliphatic rings. The Bertz CT molecular complexity index is 141. The second-order valence-electron chi connectivity index (χ2n) is 2.88. The van der Waals surface area contributed by atoms with E-state index in [0.29, 0.717) is 19.1 Å². The van der Waals surface area contributed by atoms with Gasteiger partial charge in [0.1, 0.15) is 6.61 Å². The molecule has 0 aromatic carbocycles. The first-order valence-electron chi connectivity index (χ1n) is 4.01. The molecule has 0 aromatic heterocycles. The fourth-order valence-electron chi connectivity index (χ4n) is 0.527. The number of esters is 1. The summed E-state index contributed by atoms with van der Waals surface area (Å²) in [4.78, 5) is 10.8. The molecule has 0 spiro atoms. The average molecular weight is 172 g/mol. The molecule has 70 valence electrons. The van der Waals surface area contributed by atoms with E-state index in [-0.39, 0.29) is 12.6 Å². The van der Waals surface area contributed by atoms with Crippen LogP contribution in [-0.2, 0) is 14.3 Å². The molecule has 12 heavy (non-hydrogen) atoms. The Labute approximate surface area is 73.4 Å². The lowest BCUT2D eigenvalue weighted by atomic mass is 10.2. The largest absolute Gasteiger partial charge is 0.464 e. The molecule has 0 aliphatic carbocycles. The van der Waals surface area contributed by atoms with Gasteiger partial charge in [0.25, 0.3) is 0 Å². The first-order valence-corrected chi connectivity index (χ1v) is 4.01. The third-order valence-electron chi connectivity index (χ3n) is 1.03. The second kappa shape index (κ2) is 6.85. The van der Waals surface area contributed by atoms with Crippen molar-refractivity contribution in [2.75, 3.05) is 19.8 Å². The quantitative estimate of drug-likeness (QED) is 0.345. The highest BCUT2D eigenvalue weighted by Gasteiger charge is 2.02. The summed E-state index contributed by atoms with van der Waals surface area (Å²) in [5.74, 6) is 0.0545. The Balaban J connectivity index is 3.27. The lowest BCUT2D eigenvalue weighted by molar-refractivity contribution is -0.149. The second-order valence-corrected chi connectivity index (χ2v) is 2.88. The van der Waals surface area contributed by atoms with Crippen LogP contribution in [0.15, 0.2) is 12.7 Å². The van der Waals surface area contributed by atoms with Crippen LogP contribution >= 0.6 is 0 Å². The molecule has 3 nitrogen and oxygen atoms in total. The number of hydrogen-bond acceptors (Lipinski definition) is 3. The van der Waals surface area contributed by atoms with E-state index in [2.05, 4.69) is 6.58 Å². The van der Waals surface area contributed by atoms with E-state index in [0.717, 1.165) is 0 Å². The summed E-state index contributed by atoms with van der Waals surface area (Å²) in [5, 5.41) is 0. The molecule has 0 radical (unpaired) electrons. The zero-order valence-corrected chi connectivity index (χ0v) is 7.71. The van der Waals surface area contributed by atoms with Crippen molar-refractivity contribution in [1.29, 1.82) is 0 Å². The molecule has 0 aliphatic heterocycles. The van der Waals surface area contributed by atoms with Crippen LogP contribution in [0.2, 0.25) is 0 Å². The summed E-state index contributed by atoms with van der Waals surface area (Å²) >= 11 is 0. The van der Waals surface area contributed by atoms with E-state index in [4.69, 9.17) is 9.47 Å². The average Bonchev–Trinajstić information content (AvgIpc) is 2.01.